The molecule has 1 N–H and O–H groups in total. The molecule has 0 spiro atoms. The Hall–Kier alpha value is -0.860. The Morgan fingerprint density at radius 1 is 1.17 bits per heavy atom. The second-order valence-corrected chi connectivity index (χ2v) is 5.98. The molecule has 1 saturated heterocycles. The van der Waals surface area contributed by atoms with Gasteiger partial charge in [-0.15, -0.1) is 0 Å². The number of benzene rings is 1. The monoisotopic (exact) mass is 245 g/mol. The molecule has 3 rings (SSSR count). The Labute approximate surface area is 110 Å². The van der Waals surface area contributed by atoms with E-state index in [1.54, 1.807) is 0 Å². The van der Waals surface area contributed by atoms with Crippen LogP contribution in [0.15, 0.2) is 30.3 Å². The van der Waals surface area contributed by atoms with E-state index in [0.717, 1.165) is 18.5 Å². The van der Waals surface area contributed by atoms with Crippen molar-refractivity contribution >= 4 is 0 Å². The van der Waals surface area contributed by atoms with Crippen LogP contribution in [0.1, 0.15) is 37.7 Å². The van der Waals surface area contributed by atoms with E-state index in [4.69, 9.17) is 0 Å². The van der Waals surface area contributed by atoms with Gasteiger partial charge in [-0.3, -0.25) is 0 Å². The van der Waals surface area contributed by atoms with Crippen molar-refractivity contribution in [1.82, 2.24) is 4.90 Å². The quantitative estimate of drug-likeness (QED) is 0.822. The van der Waals surface area contributed by atoms with Crippen LogP contribution in [0.25, 0.3) is 0 Å². The van der Waals surface area contributed by atoms with E-state index in [-0.39, 0.29) is 0 Å². The fourth-order valence-electron chi connectivity index (χ4n) is 3.98. The maximum atomic E-state index is 11.2. The van der Waals surface area contributed by atoms with E-state index in [1.165, 1.54) is 25.7 Å². The summed E-state index contributed by atoms with van der Waals surface area (Å²) in [6.45, 7) is 1.01. The minimum atomic E-state index is -0.598. The predicted octanol–water partition coefficient (Wildman–Crippen LogP) is 2.77. The zero-order valence-electron chi connectivity index (χ0n) is 11.2. The molecule has 1 aromatic rings. The van der Waals surface area contributed by atoms with Crippen LogP contribution in [0.3, 0.4) is 0 Å². The average molecular weight is 245 g/mol. The Bertz CT molecular complexity index is 405. The van der Waals surface area contributed by atoms with Crippen LogP contribution >= 0.6 is 0 Å². The lowest BCUT2D eigenvalue weighted by Gasteiger charge is -2.51. The van der Waals surface area contributed by atoms with Crippen molar-refractivity contribution in [3.05, 3.63) is 35.9 Å². The Morgan fingerprint density at radius 2 is 1.89 bits per heavy atom. The van der Waals surface area contributed by atoms with Gasteiger partial charge >= 0.3 is 0 Å². The molecule has 1 aliphatic carbocycles. The van der Waals surface area contributed by atoms with Gasteiger partial charge in [0.1, 0.15) is 0 Å². The summed E-state index contributed by atoms with van der Waals surface area (Å²) in [5.74, 6) is 0.410. The first-order valence-electron chi connectivity index (χ1n) is 7.20. The van der Waals surface area contributed by atoms with Crippen LogP contribution < -0.4 is 0 Å². The minimum absolute atomic E-state index is 0.410. The molecule has 1 saturated carbocycles. The molecule has 0 radical (unpaired) electrons. The Morgan fingerprint density at radius 3 is 2.67 bits per heavy atom. The third kappa shape index (κ3) is 1.88. The molecule has 2 aliphatic rings. The third-order valence-corrected chi connectivity index (χ3v) is 5.03. The van der Waals surface area contributed by atoms with Gasteiger partial charge in [0, 0.05) is 18.5 Å². The summed E-state index contributed by atoms with van der Waals surface area (Å²) in [4.78, 5) is 2.46. The fraction of sp³-hybridized carbons (Fsp3) is 0.625. The van der Waals surface area contributed by atoms with Crippen molar-refractivity contribution in [2.45, 2.75) is 43.7 Å². The normalized spacial score (nSPS) is 37.2. The summed E-state index contributed by atoms with van der Waals surface area (Å²) < 4.78 is 0. The first-order valence-corrected chi connectivity index (χ1v) is 7.20. The largest absolute Gasteiger partial charge is 0.385 e. The van der Waals surface area contributed by atoms with Crippen molar-refractivity contribution in [3.63, 3.8) is 0 Å². The Kier molecular flexibility index (Phi) is 3.16. The van der Waals surface area contributed by atoms with Gasteiger partial charge in [0.2, 0.25) is 0 Å². The maximum absolute atomic E-state index is 11.2. The first-order chi connectivity index (χ1) is 8.72. The molecular weight excluding hydrogens is 222 g/mol. The Balaban J connectivity index is 1.95. The topological polar surface area (TPSA) is 23.5 Å². The van der Waals surface area contributed by atoms with Crippen LogP contribution in [-0.2, 0) is 5.60 Å². The van der Waals surface area contributed by atoms with Crippen LogP contribution in [0.4, 0.5) is 0 Å². The van der Waals surface area contributed by atoms with E-state index in [1.807, 2.05) is 18.2 Å². The molecule has 1 heterocycles. The van der Waals surface area contributed by atoms with E-state index in [9.17, 15) is 5.11 Å². The lowest BCUT2D eigenvalue weighted by Crippen LogP contribution is -2.56. The lowest BCUT2D eigenvalue weighted by atomic mass is 9.66. The fourth-order valence-corrected chi connectivity index (χ4v) is 3.98. The molecule has 0 unspecified atom stereocenters. The molecular formula is C16H23NO. The predicted molar refractivity (Wildman–Crippen MR) is 73.3 cm³/mol. The highest BCUT2D eigenvalue weighted by Gasteiger charge is 2.47. The number of aliphatic hydroxyl groups is 1. The SMILES string of the molecule is CN1CC[C@@](O)(c2ccccc2)[C@H]2CCCC[C@H]21. The smallest absolute Gasteiger partial charge is 0.0951 e. The van der Waals surface area contributed by atoms with Crippen molar-refractivity contribution in [1.29, 1.82) is 0 Å². The van der Waals surface area contributed by atoms with Crippen LogP contribution in [-0.4, -0.2) is 29.6 Å². The molecule has 0 bridgehead atoms. The average Bonchev–Trinajstić information content (AvgIpc) is 2.44. The number of nitrogens with zero attached hydrogens (tertiary/aromatic N) is 1. The molecule has 2 heteroatoms. The minimum Gasteiger partial charge on any atom is -0.385 e. The van der Waals surface area contributed by atoms with Crippen molar-refractivity contribution in [2.24, 2.45) is 5.92 Å². The van der Waals surface area contributed by atoms with Crippen molar-refractivity contribution in [3.8, 4) is 0 Å². The van der Waals surface area contributed by atoms with E-state index >= 15 is 0 Å². The number of fused-ring (bicyclic) bond motifs is 1. The lowest BCUT2D eigenvalue weighted by molar-refractivity contribution is -0.114. The molecule has 0 amide bonds. The second-order valence-electron chi connectivity index (χ2n) is 5.98. The zero-order chi connectivity index (χ0) is 12.6. The summed E-state index contributed by atoms with van der Waals surface area (Å²) in [6, 6.07) is 10.9. The van der Waals surface area contributed by atoms with Crippen molar-refractivity contribution < 1.29 is 5.11 Å². The highest BCUT2D eigenvalue weighted by atomic mass is 16.3. The summed E-state index contributed by atoms with van der Waals surface area (Å²) in [7, 11) is 2.22. The standard InChI is InChI=1S/C16H23NO/c1-17-12-11-16(18,13-7-3-2-4-8-13)14-9-5-6-10-15(14)17/h2-4,7-8,14-15,18H,5-6,9-12H2,1H3/t14-,15+,16+/m0/s1. The number of likely N-dealkylation sites (tertiary alicyclic amines) is 1. The van der Waals surface area contributed by atoms with Gasteiger partial charge in [-0.25, -0.2) is 0 Å². The van der Waals surface area contributed by atoms with Gasteiger partial charge in [0.15, 0.2) is 0 Å². The number of rotatable bonds is 1. The molecule has 0 aromatic heterocycles. The second kappa shape index (κ2) is 4.67. The van der Waals surface area contributed by atoms with Gasteiger partial charge < -0.3 is 10.0 Å². The van der Waals surface area contributed by atoms with Crippen molar-refractivity contribution in [2.75, 3.05) is 13.6 Å². The summed E-state index contributed by atoms with van der Waals surface area (Å²) >= 11 is 0. The van der Waals surface area contributed by atoms with Gasteiger partial charge in [0.25, 0.3) is 0 Å². The first kappa shape index (κ1) is 12.2. The van der Waals surface area contributed by atoms with Crippen LogP contribution in [0.5, 0.6) is 0 Å². The third-order valence-electron chi connectivity index (χ3n) is 5.03. The highest BCUT2D eigenvalue weighted by Crippen LogP contribution is 2.46. The van der Waals surface area contributed by atoms with E-state index < -0.39 is 5.60 Å². The molecule has 3 atom stereocenters. The maximum Gasteiger partial charge on any atom is 0.0951 e. The van der Waals surface area contributed by atoms with Gasteiger partial charge in [-0.05, 0) is 31.9 Å². The molecule has 2 nitrogen and oxygen atoms in total. The summed E-state index contributed by atoms with van der Waals surface area (Å²) in [5, 5.41) is 11.2. The summed E-state index contributed by atoms with van der Waals surface area (Å²) in [5.41, 5.74) is 0.522. The van der Waals surface area contributed by atoms with Crippen LogP contribution in [0, 0.1) is 5.92 Å². The molecule has 18 heavy (non-hydrogen) atoms. The zero-order valence-corrected chi connectivity index (χ0v) is 11.2. The summed E-state index contributed by atoms with van der Waals surface area (Å²) in [6.07, 6.45) is 5.87. The molecule has 98 valence electrons. The number of hydrogen-bond acceptors (Lipinski definition) is 2. The van der Waals surface area contributed by atoms with Gasteiger partial charge in [0.05, 0.1) is 5.60 Å². The number of piperidine rings is 1. The van der Waals surface area contributed by atoms with E-state index in [0.29, 0.717) is 12.0 Å². The molecule has 2 fully saturated rings. The van der Waals surface area contributed by atoms with E-state index in [2.05, 4.69) is 24.1 Å². The van der Waals surface area contributed by atoms with Gasteiger partial charge in [-0.1, -0.05) is 43.2 Å². The van der Waals surface area contributed by atoms with Crippen LogP contribution in [0.2, 0.25) is 0 Å². The van der Waals surface area contributed by atoms with Gasteiger partial charge in [-0.2, -0.15) is 0 Å². The highest BCUT2D eigenvalue weighted by molar-refractivity contribution is 5.25. The number of hydrogen-bond donors (Lipinski definition) is 1. The molecule has 1 aromatic carbocycles. The molecule has 1 aliphatic heterocycles.